The van der Waals surface area contributed by atoms with Gasteiger partial charge in [-0.15, -0.1) is 0 Å². The molecule has 0 unspecified atom stereocenters. The van der Waals surface area contributed by atoms with Crippen LogP contribution in [0.5, 0.6) is 0 Å². The van der Waals surface area contributed by atoms with Gasteiger partial charge in [-0.1, -0.05) is 0 Å². The van der Waals surface area contributed by atoms with Gasteiger partial charge >= 0.3 is 5.97 Å². The number of aliphatic carboxylic acids is 1. The molecule has 1 rings (SSSR count). The van der Waals surface area contributed by atoms with Crippen molar-refractivity contribution in [3.8, 4) is 0 Å². The highest BCUT2D eigenvalue weighted by atomic mass is 16.4. The fraction of sp³-hybridized carbons (Fsp3) is 0.400. The molecule has 86 valence electrons. The number of carbonyl (C=O) groups is 2. The molecule has 1 amide bonds. The molecule has 0 aliphatic carbocycles. The van der Waals surface area contributed by atoms with Crippen LogP contribution in [0.1, 0.15) is 23.2 Å². The fourth-order valence-corrected chi connectivity index (χ4v) is 1.20. The average Bonchev–Trinajstić information content (AvgIpc) is 2.28. The third-order valence-electron chi connectivity index (χ3n) is 2.04. The zero-order chi connectivity index (χ0) is 12.0. The van der Waals surface area contributed by atoms with Crippen molar-refractivity contribution in [2.45, 2.75) is 12.8 Å². The van der Waals surface area contributed by atoms with E-state index in [-0.39, 0.29) is 12.3 Å². The topological polar surface area (TPSA) is 83.4 Å². The first-order valence-electron chi connectivity index (χ1n) is 4.83. The molecule has 0 aliphatic heterocycles. The van der Waals surface area contributed by atoms with Gasteiger partial charge < -0.3 is 10.0 Å². The predicted octanol–water partition coefficient (Wildman–Crippen LogP) is 0.413. The number of aromatic nitrogens is 2. The molecule has 0 aliphatic rings. The van der Waals surface area contributed by atoms with Crippen LogP contribution in [0.3, 0.4) is 0 Å². The Balaban J connectivity index is 2.45. The van der Waals surface area contributed by atoms with Gasteiger partial charge in [0.25, 0.3) is 5.91 Å². The second kappa shape index (κ2) is 5.79. The Morgan fingerprint density at radius 2 is 2.00 bits per heavy atom. The van der Waals surface area contributed by atoms with Crippen molar-refractivity contribution in [3.63, 3.8) is 0 Å². The molecular weight excluding hydrogens is 210 g/mol. The Morgan fingerprint density at radius 3 is 2.56 bits per heavy atom. The second-order valence-corrected chi connectivity index (χ2v) is 3.35. The zero-order valence-electron chi connectivity index (χ0n) is 8.96. The molecule has 1 N–H and O–H groups in total. The van der Waals surface area contributed by atoms with E-state index in [1.165, 1.54) is 23.6 Å². The molecule has 1 aromatic heterocycles. The van der Waals surface area contributed by atoms with Crippen molar-refractivity contribution in [1.82, 2.24) is 14.9 Å². The molecule has 1 aromatic rings. The van der Waals surface area contributed by atoms with Crippen molar-refractivity contribution in [2.75, 3.05) is 13.6 Å². The molecule has 1 heterocycles. The number of carboxylic acids is 1. The lowest BCUT2D eigenvalue weighted by Crippen LogP contribution is -2.28. The van der Waals surface area contributed by atoms with Crippen molar-refractivity contribution < 1.29 is 14.7 Å². The maximum atomic E-state index is 11.7. The van der Waals surface area contributed by atoms with Crippen molar-refractivity contribution in [3.05, 3.63) is 24.3 Å². The van der Waals surface area contributed by atoms with Gasteiger partial charge in [0.05, 0.1) is 5.56 Å². The van der Waals surface area contributed by atoms with E-state index in [4.69, 9.17) is 5.11 Å². The van der Waals surface area contributed by atoms with E-state index in [2.05, 4.69) is 9.97 Å². The molecule has 0 atom stereocenters. The first-order chi connectivity index (χ1) is 7.61. The molecule has 0 spiro atoms. The fourth-order valence-electron chi connectivity index (χ4n) is 1.20. The van der Waals surface area contributed by atoms with Crippen LogP contribution in [0.15, 0.2) is 18.7 Å². The summed E-state index contributed by atoms with van der Waals surface area (Å²) in [7, 11) is 1.62. The van der Waals surface area contributed by atoms with Crippen molar-refractivity contribution in [1.29, 1.82) is 0 Å². The standard InChI is InChI=1S/C10H13N3O3/c1-13(4-2-3-9(14)15)10(16)8-5-11-7-12-6-8/h5-7H,2-4H2,1H3,(H,14,15). The van der Waals surface area contributed by atoms with E-state index in [0.717, 1.165) is 0 Å². The summed E-state index contributed by atoms with van der Waals surface area (Å²) in [6.07, 6.45) is 4.71. The molecule has 0 saturated heterocycles. The van der Waals surface area contributed by atoms with Gasteiger partial charge in [0.2, 0.25) is 0 Å². The predicted molar refractivity (Wildman–Crippen MR) is 55.9 cm³/mol. The van der Waals surface area contributed by atoms with Crippen LogP contribution >= 0.6 is 0 Å². The minimum Gasteiger partial charge on any atom is -0.481 e. The van der Waals surface area contributed by atoms with E-state index in [1.807, 2.05) is 0 Å². The Labute approximate surface area is 92.9 Å². The van der Waals surface area contributed by atoms with Crippen molar-refractivity contribution in [2.24, 2.45) is 0 Å². The molecule has 6 nitrogen and oxygen atoms in total. The van der Waals surface area contributed by atoms with E-state index < -0.39 is 5.97 Å². The Bertz CT molecular complexity index is 367. The van der Waals surface area contributed by atoms with Crippen LogP contribution in [-0.2, 0) is 4.79 Å². The van der Waals surface area contributed by atoms with Gasteiger partial charge in [0.15, 0.2) is 0 Å². The lowest BCUT2D eigenvalue weighted by molar-refractivity contribution is -0.137. The zero-order valence-corrected chi connectivity index (χ0v) is 8.96. The third-order valence-corrected chi connectivity index (χ3v) is 2.04. The van der Waals surface area contributed by atoms with Gasteiger partial charge in [0.1, 0.15) is 6.33 Å². The number of hydrogen-bond acceptors (Lipinski definition) is 4. The van der Waals surface area contributed by atoms with Crippen LogP contribution in [0.25, 0.3) is 0 Å². The second-order valence-electron chi connectivity index (χ2n) is 3.35. The molecule has 0 aromatic carbocycles. The summed E-state index contributed by atoms with van der Waals surface area (Å²) in [6, 6.07) is 0. The van der Waals surface area contributed by atoms with Gasteiger partial charge in [-0.3, -0.25) is 9.59 Å². The first kappa shape index (κ1) is 12.1. The smallest absolute Gasteiger partial charge is 0.303 e. The van der Waals surface area contributed by atoms with Gasteiger partial charge in [0, 0.05) is 32.4 Å². The van der Waals surface area contributed by atoms with E-state index in [0.29, 0.717) is 18.5 Å². The first-order valence-corrected chi connectivity index (χ1v) is 4.83. The summed E-state index contributed by atoms with van der Waals surface area (Å²) in [5, 5.41) is 8.46. The Hall–Kier alpha value is -1.98. The lowest BCUT2D eigenvalue weighted by Gasteiger charge is -2.15. The summed E-state index contributed by atoms with van der Waals surface area (Å²) in [5.41, 5.74) is 0.403. The molecular formula is C10H13N3O3. The summed E-state index contributed by atoms with van der Waals surface area (Å²) >= 11 is 0. The van der Waals surface area contributed by atoms with Gasteiger partial charge in [-0.05, 0) is 6.42 Å². The van der Waals surface area contributed by atoms with Gasteiger partial charge in [-0.2, -0.15) is 0 Å². The molecule has 0 radical (unpaired) electrons. The number of carbonyl (C=O) groups excluding carboxylic acids is 1. The van der Waals surface area contributed by atoms with E-state index in [9.17, 15) is 9.59 Å². The van der Waals surface area contributed by atoms with Crippen LogP contribution in [0.2, 0.25) is 0 Å². The molecule has 0 fully saturated rings. The number of amides is 1. The number of rotatable bonds is 5. The van der Waals surface area contributed by atoms with Crippen LogP contribution in [0.4, 0.5) is 0 Å². The maximum Gasteiger partial charge on any atom is 0.303 e. The SMILES string of the molecule is CN(CCCC(=O)O)C(=O)c1cncnc1. The minimum absolute atomic E-state index is 0.0584. The summed E-state index contributed by atoms with van der Waals surface area (Å²) < 4.78 is 0. The molecule has 16 heavy (non-hydrogen) atoms. The largest absolute Gasteiger partial charge is 0.481 e. The minimum atomic E-state index is -0.858. The summed E-state index contributed by atoms with van der Waals surface area (Å²) in [4.78, 5) is 31.0. The lowest BCUT2D eigenvalue weighted by atomic mass is 10.2. The van der Waals surface area contributed by atoms with E-state index >= 15 is 0 Å². The van der Waals surface area contributed by atoms with Crippen molar-refractivity contribution >= 4 is 11.9 Å². The number of nitrogens with zero attached hydrogens (tertiary/aromatic N) is 3. The van der Waals surface area contributed by atoms with Crippen LogP contribution in [-0.4, -0.2) is 45.4 Å². The number of hydrogen-bond donors (Lipinski definition) is 1. The third kappa shape index (κ3) is 3.64. The highest BCUT2D eigenvalue weighted by molar-refractivity contribution is 5.93. The highest BCUT2D eigenvalue weighted by Crippen LogP contribution is 2.01. The maximum absolute atomic E-state index is 11.7. The summed E-state index contributed by atoms with van der Waals surface area (Å²) in [6.45, 7) is 0.403. The molecule has 0 bridgehead atoms. The molecule has 6 heteroatoms. The highest BCUT2D eigenvalue weighted by Gasteiger charge is 2.11. The normalized spacial score (nSPS) is 9.81. The quantitative estimate of drug-likeness (QED) is 0.781. The molecule has 0 saturated carbocycles. The number of carboxylic acid groups (broad SMARTS) is 1. The van der Waals surface area contributed by atoms with Crippen LogP contribution in [0, 0.1) is 0 Å². The van der Waals surface area contributed by atoms with E-state index in [1.54, 1.807) is 7.05 Å². The average molecular weight is 223 g/mol. The van der Waals surface area contributed by atoms with Gasteiger partial charge in [-0.25, -0.2) is 9.97 Å². The Morgan fingerprint density at radius 1 is 1.38 bits per heavy atom. The monoisotopic (exact) mass is 223 g/mol. The summed E-state index contributed by atoms with van der Waals surface area (Å²) in [5.74, 6) is -1.06. The Kier molecular flexibility index (Phi) is 4.38. The van der Waals surface area contributed by atoms with Crippen LogP contribution < -0.4 is 0 Å².